The second kappa shape index (κ2) is 7.73. The fourth-order valence-electron chi connectivity index (χ4n) is 3.32. The van der Waals surface area contributed by atoms with E-state index in [9.17, 15) is 9.90 Å². The van der Waals surface area contributed by atoms with Gasteiger partial charge in [-0.3, -0.25) is 14.6 Å². The van der Waals surface area contributed by atoms with Crippen LogP contribution in [0.4, 0.5) is 0 Å². The molecule has 2 atom stereocenters. The highest BCUT2D eigenvalue weighted by Gasteiger charge is 2.31. The second-order valence-corrected chi connectivity index (χ2v) is 6.92. The van der Waals surface area contributed by atoms with Crippen LogP contribution >= 0.6 is 0 Å². The molecule has 0 aromatic rings. The summed E-state index contributed by atoms with van der Waals surface area (Å²) in [6.07, 6.45) is 4.60. The predicted octanol–water partition coefficient (Wildman–Crippen LogP) is -0.330. The molecule has 2 aliphatic heterocycles. The van der Waals surface area contributed by atoms with Crippen LogP contribution < -0.4 is 5.32 Å². The lowest BCUT2D eigenvalue weighted by molar-refractivity contribution is -0.123. The summed E-state index contributed by atoms with van der Waals surface area (Å²) in [6, 6.07) is 0. The first-order valence-corrected chi connectivity index (χ1v) is 8.72. The summed E-state index contributed by atoms with van der Waals surface area (Å²) in [5.41, 5.74) is 0. The number of carbonyl (C=O) groups is 1. The molecule has 1 saturated carbocycles. The molecule has 0 unspecified atom stereocenters. The molecular weight excluding hydrogens is 282 g/mol. The van der Waals surface area contributed by atoms with E-state index in [4.69, 9.17) is 4.74 Å². The van der Waals surface area contributed by atoms with Crippen molar-refractivity contribution in [3.05, 3.63) is 0 Å². The van der Waals surface area contributed by atoms with Gasteiger partial charge in [0.05, 0.1) is 18.8 Å². The molecule has 3 aliphatic rings. The third kappa shape index (κ3) is 4.91. The van der Waals surface area contributed by atoms with Crippen molar-refractivity contribution in [2.75, 3.05) is 52.4 Å². The van der Waals surface area contributed by atoms with E-state index in [2.05, 4.69) is 15.1 Å². The molecule has 6 heteroatoms. The number of carbonyl (C=O) groups excluding carboxylic acids is 1. The fourth-order valence-corrected chi connectivity index (χ4v) is 3.32. The number of amides is 1. The van der Waals surface area contributed by atoms with Gasteiger partial charge in [-0.25, -0.2) is 0 Å². The normalized spacial score (nSPS) is 28.7. The van der Waals surface area contributed by atoms with Gasteiger partial charge in [0.15, 0.2) is 0 Å². The van der Waals surface area contributed by atoms with E-state index in [1.165, 1.54) is 12.8 Å². The fraction of sp³-hybridized carbons (Fsp3) is 0.938. The first-order chi connectivity index (χ1) is 10.7. The van der Waals surface area contributed by atoms with Gasteiger partial charge in [0.25, 0.3) is 0 Å². The van der Waals surface area contributed by atoms with Crippen LogP contribution in [0.5, 0.6) is 0 Å². The summed E-state index contributed by atoms with van der Waals surface area (Å²) < 4.78 is 5.51. The van der Waals surface area contributed by atoms with Crippen LogP contribution in [-0.4, -0.2) is 85.4 Å². The summed E-state index contributed by atoms with van der Waals surface area (Å²) in [6.45, 7) is 6.46. The number of hydrogen-bond donors (Lipinski definition) is 2. The van der Waals surface area contributed by atoms with Crippen LogP contribution in [0.3, 0.4) is 0 Å². The lowest BCUT2D eigenvalue weighted by Crippen LogP contribution is -2.51. The third-order valence-corrected chi connectivity index (χ3v) is 4.99. The quantitative estimate of drug-likeness (QED) is 0.674. The Kier molecular flexibility index (Phi) is 5.68. The molecule has 0 radical (unpaired) electrons. The van der Waals surface area contributed by atoms with Crippen molar-refractivity contribution in [3.8, 4) is 0 Å². The van der Waals surface area contributed by atoms with Gasteiger partial charge in [0.1, 0.15) is 0 Å². The highest BCUT2D eigenvalue weighted by molar-refractivity contribution is 5.78. The number of aliphatic hydroxyl groups excluding tert-OH is 1. The second-order valence-electron chi connectivity index (χ2n) is 6.92. The highest BCUT2D eigenvalue weighted by Crippen LogP contribution is 2.32. The van der Waals surface area contributed by atoms with Gasteiger partial charge < -0.3 is 15.2 Å². The zero-order valence-electron chi connectivity index (χ0n) is 13.4. The minimum atomic E-state index is -0.152. The number of nitrogens with one attached hydrogen (secondary N) is 1. The average Bonchev–Trinajstić information content (AvgIpc) is 3.24. The molecule has 6 nitrogen and oxygen atoms in total. The smallest absolute Gasteiger partial charge is 0.234 e. The molecule has 0 spiro atoms. The first-order valence-electron chi connectivity index (χ1n) is 8.72. The molecule has 0 aromatic heterocycles. The van der Waals surface area contributed by atoms with Crippen molar-refractivity contribution in [3.63, 3.8) is 0 Å². The van der Waals surface area contributed by atoms with Gasteiger partial charge in [-0.05, 0) is 31.6 Å². The molecule has 2 heterocycles. The van der Waals surface area contributed by atoms with Crippen molar-refractivity contribution >= 4 is 5.91 Å². The van der Waals surface area contributed by atoms with Gasteiger partial charge in [-0.15, -0.1) is 0 Å². The first kappa shape index (κ1) is 16.2. The van der Waals surface area contributed by atoms with Crippen LogP contribution in [0.25, 0.3) is 0 Å². The molecule has 2 N–H and O–H groups in total. The van der Waals surface area contributed by atoms with E-state index < -0.39 is 0 Å². The minimum Gasteiger partial charge on any atom is -0.392 e. The Bertz CT molecular complexity index is 362. The van der Waals surface area contributed by atoms with Crippen molar-refractivity contribution in [1.29, 1.82) is 0 Å². The lowest BCUT2D eigenvalue weighted by Gasteiger charge is -2.35. The van der Waals surface area contributed by atoms with E-state index in [1.807, 2.05) is 0 Å². The van der Waals surface area contributed by atoms with Crippen LogP contribution in [0.2, 0.25) is 0 Å². The highest BCUT2D eigenvalue weighted by atomic mass is 16.5. The summed E-state index contributed by atoms with van der Waals surface area (Å²) >= 11 is 0. The summed E-state index contributed by atoms with van der Waals surface area (Å²) in [5.74, 6) is 0.642. The molecule has 22 heavy (non-hydrogen) atoms. The molecule has 3 fully saturated rings. The number of nitrogens with zero attached hydrogens (tertiary/aromatic N) is 2. The predicted molar refractivity (Wildman–Crippen MR) is 83.6 cm³/mol. The molecule has 0 bridgehead atoms. The number of hydrogen-bond acceptors (Lipinski definition) is 5. The molecule has 126 valence electrons. The van der Waals surface area contributed by atoms with Gasteiger partial charge in [0.2, 0.25) is 5.91 Å². The largest absolute Gasteiger partial charge is 0.392 e. The van der Waals surface area contributed by atoms with Gasteiger partial charge in [0, 0.05) is 45.9 Å². The molecule has 1 amide bonds. The lowest BCUT2D eigenvalue weighted by atomic mass is 10.2. The Morgan fingerprint density at radius 1 is 1.18 bits per heavy atom. The zero-order valence-corrected chi connectivity index (χ0v) is 13.4. The molecule has 0 aromatic carbocycles. The Hall–Kier alpha value is -0.690. The standard InChI is InChI=1S/C16H29N3O3/c20-15(13-3-4-13)11-18-5-7-19(8-6-18)12-16(21)17-10-14-2-1-9-22-14/h13-15,20H,1-12H2,(H,17,21)/t14-,15-/m1/s1. The SMILES string of the molecule is O=C(CN1CCN(C[C@@H](O)C2CC2)CC1)NC[C@H]1CCCO1. The van der Waals surface area contributed by atoms with Gasteiger partial charge >= 0.3 is 0 Å². The Morgan fingerprint density at radius 2 is 1.91 bits per heavy atom. The molecule has 1 aliphatic carbocycles. The maximum absolute atomic E-state index is 12.0. The molecular formula is C16H29N3O3. The van der Waals surface area contributed by atoms with Crippen LogP contribution in [-0.2, 0) is 9.53 Å². The Balaban J connectivity index is 1.28. The molecule has 3 rings (SSSR count). The van der Waals surface area contributed by atoms with E-state index in [0.717, 1.165) is 52.2 Å². The van der Waals surface area contributed by atoms with E-state index in [-0.39, 0.29) is 18.1 Å². The van der Waals surface area contributed by atoms with Crippen LogP contribution in [0.15, 0.2) is 0 Å². The minimum absolute atomic E-state index is 0.0990. The number of piperazine rings is 1. The van der Waals surface area contributed by atoms with Crippen molar-refractivity contribution in [2.45, 2.75) is 37.9 Å². The topological polar surface area (TPSA) is 65.0 Å². The average molecular weight is 311 g/mol. The van der Waals surface area contributed by atoms with E-state index in [0.29, 0.717) is 19.0 Å². The van der Waals surface area contributed by atoms with Crippen molar-refractivity contribution < 1.29 is 14.6 Å². The number of aliphatic hydroxyl groups is 1. The van der Waals surface area contributed by atoms with Crippen LogP contribution in [0.1, 0.15) is 25.7 Å². The molecule has 2 saturated heterocycles. The Labute approximate surface area is 132 Å². The Morgan fingerprint density at radius 3 is 2.55 bits per heavy atom. The summed E-state index contributed by atoms with van der Waals surface area (Å²) in [5, 5.41) is 13.0. The van der Waals surface area contributed by atoms with Crippen LogP contribution in [0, 0.1) is 5.92 Å². The van der Waals surface area contributed by atoms with E-state index in [1.54, 1.807) is 0 Å². The van der Waals surface area contributed by atoms with Gasteiger partial charge in [-0.2, -0.15) is 0 Å². The number of β-amino-alcohol motifs (C(OH)–C–C–N with tert-alkyl or cyclic N) is 1. The van der Waals surface area contributed by atoms with Crippen molar-refractivity contribution in [1.82, 2.24) is 15.1 Å². The zero-order chi connectivity index (χ0) is 15.4. The summed E-state index contributed by atoms with van der Waals surface area (Å²) in [4.78, 5) is 16.5. The van der Waals surface area contributed by atoms with Crippen molar-refractivity contribution in [2.24, 2.45) is 5.92 Å². The monoisotopic (exact) mass is 311 g/mol. The summed E-state index contributed by atoms with van der Waals surface area (Å²) in [7, 11) is 0. The maximum atomic E-state index is 12.0. The number of ether oxygens (including phenoxy) is 1. The maximum Gasteiger partial charge on any atom is 0.234 e. The van der Waals surface area contributed by atoms with E-state index >= 15 is 0 Å². The van der Waals surface area contributed by atoms with Gasteiger partial charge in [-0.1, -0.05) is 0 Å². The third-order valence-electron chi connectivity index (χ3n) is 4.99. The number of rotatable bonds is 7.